The Balaban J connectivity index is 2.02. The molecule has 0 spiro atoms. The van der Waals surface area contributed by atoms with Crippen molar-refractivity contribution >= 4 is 17.7 Å². The highest BCUT2D eigenvalue weighted by molar-refractivity contribution is 5.95. The van der Waals surface area contributed by atoms with Crippen LogP contribution in [0.15, 0.2) is 5.16 Å². The second-order valence-electron chi connectivity index (χ2n) is 4.67. The Morgan fingerprint density at radius 2 is 2.37 bits per heavy atom. The number of carbonyl (C=O) groups is 2. The minimum atomic E-state index is -1.92. The van der Waals surface area contributed by atoms with Gasteiger partial charge in [-0.25, -0.2) is 9.59 Å². The van der Waals surface area contributed by atoms with Crippen molar-refractivity contribution in [2.45, 2.75) is 45.0 Å². The topological polar surface area (TPSA) is 94.4 Å². The van der Waals surface area contributed by atoms with E-state index in [4.69, 9.17) is 9.57 Å². The summed E-state index contributed by atoms with van der Waals surface area (Å²) in [5.41, 5.74) is -0.447. The molecule has 0 saturated heterocycles. The van der Waals surface area contributed by atoms with E-state index >= 15 is 0 Å². The summed E-state index contributed by atoms with van der Waals surface area (Å²) in [6, 6.07) is 0. The first-order valence-electron chi connectivity index (χ1n) is 6.29. The van der Waals surface area contributed by atoms with Gasteiger partial charge in [0, 0.05) is 6.42 Å². The standard InChI is InChI=1S/C12H17NO6/c1-3-17-9(14)10(15)18-11(16)12-6-4-5-8(12)7(2)13-19-12/h8,10,15H,3-6H2,1-2H3. The minimum absolute atomic E-state index is 0.0972. The third-order valence-corrected chi connectivity index (χ3v) is 3.51. The van der Waals surface area contributed by atoms with Crippen LogP contribution in [0.1, 0.15) is 33.1 Å². The van der Waals surface area contributed by atoms with Crippen LogP contribution in [0.5, 0.6) is 0 Å². The molecule has 0 bridgehead atoms. The van der Waals surface area contributed by atoms with Gasteiger partial charge < -0.3 is 19.4 Å². The van der Waals surface area contributed by atoms with Crippen molar-refractivity contribution < 1.29 is 29.0 Å². The molecule has 2 aliphatic rings. The molecule has 106 valence electrons. The number of ether oxygens (including phenoxy) is 2. The van der Waals surface area contributed by atoms with E-state index in [1.807, 2.05) is 0 Å². The van der Waals surface area contributed by atoms with Crippen molar-refractivity contribution in [1.82, 2.24) is 0 Å². The molecule has 7 nitrogen and oxygen atoms in total. The Bertz CT molecular complexity index is 420. The smallest absolute Gasteiger partial charge is 0.376 e. The first-order chi connectivity index (χ1) is 9.01. The summed E-state index contributed by atoms with van der Waals surface area (Å²) in [5, 5.41) is 13.3. The first-order valence-corrected chi connectivity index (χ1v) is 6.29. The van der Waals surface area contributed by atoms with Crippen molar-refractivity contribution in [2.75, 3.05) is 6.61 Å². The summed E-state index contributed by atoms with van der Waals surface area (Å²) in [4.78, 5) is 28.6. The summed E-state index contributed by atoms with van der Waals surface area (Å²) in [7, 11) is 0. The second kappa shape index (κ2) is 5.16. The molecule has 3 atom stereocenters. The lowest BCUT2D eigenvalue weighted by molar-refractivity contribution is -0.206. The number of hydrogen-bond acceptors (Lipinski definition) is 7. The molecule has 0 radical (unpaired) electrons. The molecule has 0 aromatic rings. The maximum absolute atomic E-state index is 12.1. The number of aliphatic hydroxyl groups is 1. The minimum Gasteiger partial charge on any atom is -0.461 e. The van der Waals surface area contributed by atoms with Crippen molar-refractivity contribution in [3.8, 4) is 0 Å². The van der Waals surface area contributed by atoms with Crippen LogP contribution in [0.2, 0.25) is 0 Å². The van der Waals surface area contributed by atoms with Crippen molar-refractivity contribution in [3.63, 3.8) is 0 Å². The van der Waals surface area contributed by atoms with Crippen molar-refractivity contribution in [1.29, 1.82) is 0 Å². The molecule has 7 heteroatoms. The number of esters is 2. The van der Waals surface area contributed by atoms with Crippen LogP contribution in [0, 0.1) is 5.92 Å². The van der Waals surface area contributed by atoms with Crippen LogP contribution in [-0.2, 0) is 23.9 Å². The van der Waals surface area contributed by atoms with Gasteiger partial charge in [0.25, 0.3) is 6.29 Å². The Labute approximate surface area is 110 Å². The number of nitrogens with zero attached hydrogens (tertiary/aromatic N) is 1. The predicted octanol–water partition coefficient (Wildman–Crippen LogP) is 0.356. The van der Waals surface area contributed by atoms with Gasteiger partial charge >= 0.3 is 11.9 Å². The summed E-state index contributed by atoms with van der Waals surface area (Å²) in [5.74, 6) is -1.90. The van der Waals surface area contributed by atoms with Crippen LogP contribution in [-0.4, -0.2) is 41.3 Å². The molecule has 1 saturated carbocycles. The first kappa shape index (κ1) is 13.8. The van der Waals surface area contributed by atoms with Gasteiger partial charge in [-0.05, 0) is 26.7 Å². The molecular weight excluding hydrogens is 254 g/mol. The monoisotopic (exact) mass is 271 g/mol. The Morgan fingerprint density at radius 3 is 3.05 bits per heavy atom. The lowest BCUT2D eigenvalue weighted by Gasteiger charge is -2.25. The Kier molecular flexibility index (Phi) is 3.75. The number of hydrogen-bond donors (Lipinski definition) is 1. The molecule has 19 heavy (non-hydrogen) atoms. The van der Waals surface area contributed by atoms with Crippen molar-refractivity contribution in [3.05, 3.63) is 0 Å². The van der Waals surface area contributed by atoms with Crippen molar-refractivity contribution in [2.24, 2.45) is 11.1 Å². The summed E-state index contributed by atoms with van der Waals surface area (Å²) < 4.78 is 9.31. The molecule has 1 heterocycles. The maximum atomic E-state index is 12.1. The Morgan fingerprint density at radius 1 is 1.63 bits per heavy atom. The summed E-state index contributed by atoms with van der Waals surface area (Å²) >= 11 is 0. The number of rotatable bonds is 4. The molecule has 3 unspecified atom stereocenters. The molecule has 0 amide bonds. The van der Waals surface area contributed by atoms with Gasteiger partial charge in [-0.15, -0.1) is 0 Å². The van der Waals surface area contributed by atoms with Crippen LogP contribution in [0.4, 0.5) is 0 Å². The fourth-order valence-corrected chi connectivity index (χ4v) is 2.59. The van der Waals surface area contributed by atoms with E-state index < -0.39 is 23.8 Å². The third kappa shape index (κ3) is 2.30. The van der Waals surface area contributed by atoms with Crippen LogP contribution in [0.25, 0.3) is 0 Å². The van der Waals surface area contributed by atoms with Gasteiger partial charge in [-0.3, -0.25) is 0 Å². The molecule has 0 aromatic carbocycles. The number of aliphatic hydroxyl groups excluding tert-OH is 1. The van der Waals surface area contributed by atoms with Gasteiger partial charge in [0.2, 0.25) is 5.60 Å². The quantitative estimate of drug-likeness (QED) is 0.586. The molecule has 2 rings (SSSR count). The van der Waals surface area contributed by atoms with E-state index in [1.165, 1.54) is 0 Å². The zero-order valence-electron chi connectivity index (χ0n) is 10.9. The van der Waals surface area contributed by atoms with E-state index in [0.29, 0.717) is 6.42 Å². The lowest BCUT2D eigenvalue weighted by Crippen LogP contribution is -2.46. The highest BCUT2D eigenvalue weighted by Crippen LogP contribution is 2.44. The molecule has 0 aromatic heterocycles. The fraction of sp³-hybridized carbons (Fsp3) is 0.750. The van der Waals surface area contributed by atoms with Gasteiger partial charge in [0.05, 0.1) is 18.2 Å². The third-order valence-electron chi connectivity index (χ3n) is 3.51. The van der Waals surface area contributed by atoms with Gasteiger partial charge in [-0.2, -0.15) is 0 Å². The van der Waals surface area contributed by atoms with E-state index in [-0.39, 0.29) is 12.5 Å². The average Bonchev–Trinajstić information content (AvgIpc) is 2.92. The van der Waals surface area contributed by atoms with E-state index in [9.17, 15) is 14.7 Å². The number of carbonyl (C=O) groups excluding carboxylic acids is 2. The molecule has 1 N–H and O–H groups in total. The Hall–Kier alpha value is -1.63. The molecular formula is C12H17NO6. The largest absolute Gasteiger partial charge is 0.461 e. The highest BCUT2D eigenvalue weighted by Gasteiger charge is 2.58. The van der Waals surface area contributed by atoms with E-state index in [0.717, 1.165) is 18.6 Å². The SMILES string of the molecule is CCOC(=O)C(O)OC(=O)C12CCCC1C(C)=NO2. The maximum Gasteiger partial charge on any atom is 0.376 e. The highest BCUT2D eigenvalue weighted by atomic mass is 16.7. The summed E-state index contributed by atoms with van der Waals surface area (Å²) in [6.07, 6.45) is 0.127. The number of fused-ring (bicyclic) bond motifs is 1. The van der Waals surface area contributed by atoms with Gasteiger partial charge in [-0.1, -0.05) is 5.16 Å². The zero-order valence-corrected chi connectivity index (χ0v) is 10.9. The lowest BCUT2D eigenvalue weighted by atomic mass is 9.88. The average molecular weight is 271 g/mol. The normalized spacial score (nSPS) is 30.1. The fourth-order valence-electron chi connectivity index (χ4n) is 2.59. The second-order valence-corrected chi connectivity index (χ2v) is 4.67. The molecule has 1 fully saturated rings. The number of oxime groups is 1. The van der Waals surface area contributed by atoms with Gasteiger partial charge in [0.1, 0.15) is 0 Å². The van der Waals surface area contributed by atoms with Gasteiger partial charge in [0.15, 0.2) is 0 Å². The summed E-state index contributed by atoms with van der Waals surface area (Å²) in [6.45, 7) is 3.47. The van der Waals surface area contributed by atoms with Crippen LogP contribution < -0.4 is 0 Å². The van der Waals surface area contributed by atoms with Crippen LogP contribution >= 0.6 is 0 Å². The van der Waals surface area contributed by atoms with E-state index in [2.05, 4.69) is 9.89 Å². The molecule has 1 aliphatic heterocycles. The van der Waals surface area contributed by atoms with Crippen LogP contribution in [0.3, 0.4) is 0 Å². The van der Waals surface area contributed by atoms with E-state index in [1.54, 1.807) is 13.8 Å². The predicted molar refractivity (Wildman–Crippen MR) is 63.0 cm³/mol. The zero-order chi connectivity index (χ0) is 14.0. The molecule has 1 aliphatic carbocycles.